The van der Waals surface area contributed by atoms with Crippen molar-refractivity contribution in [3.05, 3.63) is 64.1 Å². The zero-order valence-electron chi connectivity index (χ0n) is 12.9. The molecule has 2 rings (SSSR count). The molecule has 0 radical (unpaired) electrons. The molecule has 0 spiro atoms. The summed E-state index contributed by atoms with van der Waals surface area (Å²) in [4.78, 5) is 24.3. The summed E-state index contributed by atoms with van der Waals surface area (Å²) in [7, 11) is 0. The van der Waals surface area contributed by atoms with E-state index in [0.717, 1.165) is 16.5 Å². The predicted octanol–water partition coefficient (Wildman–Crippen LogP) is 3.77. The molecule has 0 atom stereocenters. The van der Waals surface area contributed by atoms with Gasteiger partial charge in [0.2, 0.25) is 5.91 Å². The van der Waals surface area contributed by atoms with Crippen molar-refractivity contribution in [3.63, 3.8) is 0 Å². The van der Waals surface area contributed by atoms with E-state index in [1.165, 1.54) is 0 Å². The highest BCUT2D eigenvalue weighted by Gasteiger charge is 2.12. The fraction of sp³-hybridized carbons (Fsp3) is 0.222. The van der Waals surface area contributed by atoms with Gasteiger partial charge in [0, 0.05) is 11.0 Å². The van der Waals surface area contributed by atoms with Crippen LogP contribution in [0.2, 0.25) is 0 Å². The van der Waals surface area contributed by atoms with Crippen molar-refractivity contribution in [2.24, 2.45) is 0 Å². The Labute approximate surface area is 144 Å². The molecule has 0 aliphatic carbocycles. The molecule has 120 valence electrons. The first-order chi connectivity index (χ1) is 11.1. The van der Waals surface area contributed by atoms with Gasteiger partial charge in [-0.3, -0.25) is 9.59 Å². The van der Waals surface area contributed by atoms with Crippen molar-refractivity contribution in [2.75, 3.05) is 11.9 Å². The van der Waals surface area contributed by atoms with Crippen molar-refractivity contribution in [1.29, 1.82) is 0 Å². The maximum Gasteiger partial charge on any atom is 0.253 e. The largest absolute Gasteiger partial charge is 0.352 e. The minimum Gasteiger partial charge on any atom is -0.352 e. The lowest BCUT2D eigenvalue weighted by molar-refractivity contribution is -0.115. The van der Waals surface area contributed by atoms with Gasteiger partial charge < -0.3 is 10.6 Å². The minimum atomic E-state index is -0.175. The fourth-order valence-corrected chi connectivity index (χ4v) is 2.37. The van der Waals surface area contributed by atoms with Crippen LogP contribution in [0.1, 0.15) is 29.3 Å². The SMILES string of the molecule is CCCNC(=O)c1ccccc1NC(=O)Cc1ccc(Br)cc1. The standard InChI is InChI=1S/C18H19BrN2O2/c1-2-11-20-18(23)15-5-3-4-6-16(15)21-17(22)12-13-7-9-14(19)10-8-13/h3-10H,2,11-12H2,1H3,(H,20,23)(H,21,22). The van der Waals surface area contributed by atoms with Gasteiger partial charge in [-0.1, -0.05) is 47.1 Å². The first-order valence-corrected chi connectivity index (χ1v) is 8.31. The number of anilines is 1. The molecule has 0 saturated heterocycles. The lowest BCUT2D eigenvalue weighted by Crippen LogP contribution is -2.26. The molecule has 23 heavy (non-hydrogen) atoms. The van der Waals surface area contributed by atoms with Crippen LogP contribution in [-0.4, -0.2) is 18.4 Å². The number of hydrogen-bond acceptors (Lipinski definition) is 2. The number of nitrogens with one attached hydrogen (secondary N) is 2. The van der Waals surface area contributed by atoms with Gasteiger partial charge in [0.05, 0.1) is 17.7 Å². The summed E-state index contributed by atoms with van der Waals surface area (Å²) < 4.78 is 0.972. The third-order valence-electron chi connectivity index (χ3n) is 3.26. The van der Waals surface area contributed by atoms with Crippen molar-refractivity contribution in [1.82, 2.24) is 5.32 Å². The minimum absolute atomic E-state index is 0.150. The fourth-order valence-electron chi connectivity index (χ4n) is 2.11. The first-order valence-electron chi connectivity index (χ1n) is 7.51. The molecule has 0 aromatic heterocycles. The van der Waals surface area contributed by atoms with E-state index in [-0.39, 0.29) is 18.2 Å². The lowest BCUT2D eigenvalue weighted by atomic mass is 10.1. The highest BCUT2D eigenvalue weighted by atomic mass is 79.9. The normalized spacial score (nSPS) is 10.2. The number of para-hydroxylation sites is 1. The van der Waals surface area contributed by atoms with Crippen LogP contribution in [0.3, 0.4) is 0 Å². The highest BCUT2D eigenvalue weighted by molar-refractivity contribution is 9.10. The number of rotatable bonds is 6. The van der Waals surface area contributed by atoms with E-state index >= 15 is 0 Å². The molecule has 0 unspecified atom stereocenters. The molecule has 0 fully saturated rings. The number of hydrogen-bond donors (Lipinski definition) is 2. The number of halogens is 1. The third kappa shape index (κ3) is 5.21. The Balaban J connectivity index is 2.05. The second kappa shape index (κ2) is 8.48. The van der Waals surface area contributed by atoms with E-state index in [1.807, 2.05) is 31.2 Å². The summed E-state index contributed by atoms with van der Waals surface area (Å²) in [5.41, 5.74) is 1.92. The molecule has 0 heterocycles. The van der Waals surface area contributed by atoms with Crippen LogP contribution in [0.25, 0.3) is 0 Å². The van der Waals surface area contributed by atoms with Gasteiger partial charge in [-0.25, -0.2) is 0 Å². The summed E-state index contributed by atoms with van der Waals surface area (Å²) in [6.45, 7) is 2.60. The summed E-state index contributed by atoms with van der Waals surface area (Å²) in [5, 5.41) is 5.64. The van der Waals surface area contributed by atoms with Gasteiger partial charge in [-0.2, -0.15) is 0 Å². The molecule has 2 amide bonds. The average Bonchev–Trinajstić information content (AvgIpc) is 2.55. The molecular weight excluding hydrogens is 356 g/mol. The van der Waals surface area contributed by atoms with E-state index in [2.05, 4.69) is 26.6 Å². The molecule has 2 aromatic carbocycles. The zero-order valence-corrected chi connectivity index (χ0v) is 14.5. The van der Waals surface area contributed by atoms with E-state index in [0.29, 0.717) is 17.8 Å². The Morgan fingerprint density at radius 3 is 2.43 bits per heavy atom. The molecule has 2 aromatic rings. The topological polar surface area (TPSA) is 58.2 Å². The van der Waals surface area contributed by atoms with E-state index in [4.69, 9.17) is 0 Å². The Kier molecular flexibility index (Phi) is 6.35. The smallest absolute Gasteiger partial charge is 0.253 e. The zero-order chi connectivity index (χ0) is 16.7. The maximum atomic E-state index is 12.2. The third-order valence-corrected chi connectivity index (χ3v) is 3.79. The van der Waals surface area contributed by atoms with Gasteiger partial charge in [0.1, 0.15) is 0 Å². The number of amides is 2. The molecule has 0 bridgehead atoms. The monoisotopic (exact) mass is 374 g/mol. The van der Waals surface area contributed by atoms with E-state index in [1.54, 1.807) is 24.3 Å². The van der Waals surface area contributed by atoms with E-state index in [9.17, 15) is 9.59 Å². The molecule has 4 nitrogen and oxygen atoms in total. The van der Waals surface area contributed by atoms with Crippen LogP contribution >= 0.6 is 15.9 Å². The first kappa shape index (κ1) is 17.2. The molecule has 0 aliphatic rings. The Morgan fingerprint density at radius 1 is 1.04 bits per heavy atom. The number of benzene rings is 2. The van der Waals surface area contributed by atoms with Crippen molar-refractivity contribution in [2.45, 2.75) is 19.8 Å². The van der Waals surface area contributed by atoms with Gasteiger partial charge in [0.25, 0.3) is 5.91 Å². The predicted molar refractivity (Wildman–Crippen MR) is 95.5 cm³/mol. The lowest BCUT2D eigenvalue weighted by Gasteiger charge is -2.11. The summed E-state index contributed by atoms with van der Waals surface area (Å²) in [6, 6.07) is 14.6. The second-order valence-electron chi connectivity index (χ2n) is 5.15. The Hall–Kier alpha value is -2.14. The van der Waals surface area contributed by atoms with Crippen LogP contribution in [0, 0.1) is 0 Å². The number of carbonyl (C=O) groups excluding carboxylic acids is 2. The van der Waals surface area contributed by atoms with Crippen LogP contribution in [0.15, 0.2) is 53.0 Å². The highest BCUT2D eigenvalue weighted by Crippen LogP contribution is 2.16. The van der Waals surface area contributed by atoms with Gasteiger partial charge >= 0.3 is 0 Å². The van der Waals surface area contributed by atoms with Crippen molar-refractivity contribution >= 4 is 33.4 Å². The van der Waals surface area contributed by atoms with Crippen LogP contribution in [-0.2, 0) is 11.2 Å². The van der Waals surface area contributed by atoms with Gasteiger partial charge in [-0.15, -0.1) is 0 Å². The van der Waals surface area contributed by atoms with E-state index < -0.39 is 0 Å². The second-order valence-corrected chi connectivity index (χ2v) is 6.07. The summed E-state index contributed by atoms with van der Waals surface area (Å²) in [5.74, 6) is -0.325. The molecule has 2 N–H and O–H groups in total. The molecular formula is C18H19BrN2O2. The maximum absolute atomic E-state index is 12.2. The quantitative estimate of drug-likeness (QED) is 0.808. The van der Waals surface area contributed by atoms with Crippen molar-refractivity contribution in [3.8, 4) is 0 Å². The molecule has 5 heteroatoms. The van der Waals surface area contributed by atoms with Crippen LogP contribution in [0.5, 0.6) is 0 Å². The summed E-state index contributed by atoms with van der Waals surface area (Å²) >= 11 is 3.37. The molecule has 0 saturated carbocycles. The van der Waals surface area contributed by atoms with Crippen LogP contribution in [0.4, 0.5) is 5.69 Å². The Morgan fingerprint density at radius 2 is 1.74 bits per heavy atom. The number of carbonyl (C=O) groups is 2. The molecule has 0 aliphatic heterocycles. The van der Waals surface area contributed by atoms with Gasteiger partial charge in [0.15, 0.2) is 0 Å². The average molecular weight is 375 g/mol. The summed E-state index contributed by atoms with van der Waals surface area (Å²) in [6.07, 6.45) is 1.13. The van der Waals surface area contributed by atoms with Crippen molar-refractivity contribution < 1.29 is 9.59 Å². The van der Waals surface area contributed by atoms with Gasteiger partial charge in [-0.05, 0) is 36.2 Å². The Bertz CT molecular complexity index is 684. The van der Waals surface area contributed by atoms with Crippen LogP contribution < -0.4 is 10.6 Å².